The van der Waals surface area contributed by atoms with Crippen LogP contribution in [0.1, 0.15) is 43.1 Å². The van der Waals surface area contributed by atoms with E-state index in [4.69, 9.17) is 0 Å². The van der Waals surface area contributed by atoms with E-state index >= 15 is 0 Å². The van der Waals surface area contributed by atoms with Gasteiger partial charge in [0.2, 0.25) is 15.9 Å². The molecule has 1 saturated heterocycles. The fourth-order valence-corrected chi connectivity index (χ4v) is 6.35. The van der Waals surface area contributed by atoms with Crippen molar-refractivity contribution in [2.24, 2.45) is 0 Å². The number of aromatic nitrogens is 2. The number of nitrogens with one attached hydrogen (secondary N) is 2. The first-order valence-corrected chi connectivity index (χ1v) is 14.1. The SMILES string of the molecule is CSCC[C@H](NC(=O)[C@H]1CCCCN1S(=O)(=O)c1ccc(C)cc1)c1nc2ccccc2[nH]1. The third-order valence-electron chi connectivity index (χ3n) is 6.05. The van der Waals surface area contributed by atoms with Gasteiger partial charge in [-0.15, -0.1) is 0 Å². The molecule has 0 spiro atoms. The Bertz CT molecular complexity index is 1170. The van der Waals surface area contributed by atoms with Crippen LogP contribution in [0.2, 0.25) is 0 Å². The van der Waals surface area contributed by atoms with Crippen molar-refractivity contribution in [3.63, 3.8) is 0 Å². The number of aryl methyl sites for hydroxylation is 1. The largest absolute Gasteiger partial charge is 0.345 e. The molecule has 7 nitrogen and oxygen atoms in total. The van der Waals surface area contributed by atoms with Crippen molar-refractivity contribution in [1.29, 1.82) is 0 Å². The number of piperidine rings is 1. The first-order valence-electron chi connectivity index (χ1n) is 11.2. The van der Waals surface area contributed by atoms with E-state index in [9.17, 15) is 13.2 Å². The highest BCUT2D eigenvalue weighted by Gasteiger charge is 2.38. The van der Waals surface area contributed by atoms with E-state index in [1.807, 2.05) is 37.4 Å². The van der Waals surface area contributed by atoms with E-state index in [0.717, 1.165) is 35.2 Å². The van der Waals surface area contributed by atoms with Crippen LogP contribution < -0.4 is 5.32 Å². The predicted octanol–water partition coefficient (Wildman–Crippen LogP) is 4.03. The van der Waals surface area contributed by atoms with Crippen molar-refractivity contribution < 1.29 is 13.2 Å². The van der Waals surface area contributed by atoms with Gasteiger partial charge in [0, 0.05) is 6.54 Å². The molecule has 3 aromatic rings. The highest BCUT2D eigenvalue weighted by Crippen LogP contribution is 2.27. The van der Waals surface area contributed by atoms with Crippen molar-refractivity contribution in [3.05, 3.63) is 59.9 Å². The highest BCUT2D eigenvalue weighted by molar-refractivity contribution is 7.98. The number of para-hydroxylation sites is 2. The van der Waals surface area contributed by atoms with Gasteiger partial charge in [-0.3, -0.25) is 4.79 Å². The third kappa shape index (κ3) is 5.26. The van der Waals surface area contributed by atoms with Gasteiger partial charge in [0.25, 0.3) is 0 Å². The minimum absolute atomic E-state index is 0.226. The Hall–Kier alpha value is -2.36. The summed E-state index contributed by atoms with van der Waals surface area (Å²) in [6.45, 7) is 2.26. The maximum Gasteiger partial charge on any atom is 0.243 e. The Kier molecular flexibility index (Phi) is 7.41. The predicted molar refractivity (Wildman–Crippen MR) is 133 cm³/mol. The minimum atomic E-state index is -3.77. The lowest BCUT2D eigenvalue weighted by atomic mass is 10.0. The second kappa shape index (κ2) is 10.3. The maximum atomic E-state index is 13.4. The summed E-state index contributed by atoms with van der Waals surface area (Å²) in [5.74, 6) is 1.28. The number of H-pyrrole nitrogens is 1. The van der Waals surface area contributed by atoms with E-state index < -0.39 is 16.1 Å². The lowest BCUT2D eigenvalue weighted by Crippen LogP contribution is -2.52. The van der Waals surface area contributed by atoms with Crippen LogP contribution in [0.4, 0.5) is 0 Å². The van der Waals surface area contributed by atoms with Gasteiger partial charge in [-0.1, -0.05) is 36.2 Å². The van der Waals surface area contributed by atoms with Crippen LogP contribution in [0.3, 0.4) is 0 Å². The molecule has 0 unspecified atom stereocenters. The molecule has 2 heterocycles. The molecule has 33 heavy (non-hydrogen) atoms. The number of rotatable bonds is 8. The van der Waals surface area contributed by atoms with Crippen LogP contribution in [0.15, 0.2) is 53.4 Å². The molecular weight excluding hydrogens is 456 g/mol. The van der Waals surface area contributed by atoms with Crippen molar-refractivity contribution >= 4 is 38.7 Å². The number of hydrogen-bond acceptors (Lipinski definition) is 5. The quantitative estimate of drug-likeness (QED) is 0.501. The van der Waals surface area contributed by atoms with Crippen LogP contribution in [0.5, 0.6) is 0 Å². The average molecular weight is 487 g/mol. The highest BCUT2D eigenvalue weighted by atomic mass is 32.2. The maximum absolute atomic E-state index is 13.4. The van der Waals surface area contributed by atoms with E-state index in [1.54, 1.807) is 36.0 Å². The van der Waals surface area contributed by atoms with Crippen LogP contribution in [0, 0.1) is 6.92 Å². The van der Waals surface area contributed by atoms with Crippen molar-refractivity contribution in [3.8, 4) is 0 Å². The topological polar surface area (TPSA) is 95.2 Å². The Balaban J connectivity index is 1.58. The Labute approximate surface area is 199 Å². The number of carbonyl (C=O) groups excluding carboxylic acids is 1. The molecule has 0 aliphatic carbocycles. The number of aromatic amines is 1. The summed E-state index contributed by atoms with van der Waals surface area (Å²) >= 11 is 1.70. The number of benzene rings is 2. The number of fused-ring (bicyclic) bond motifs is 1. The van der Waals surface area contributed by atoms with Crippen LogP contribution in [0.25, 0.3) is 11.0 Å². The summed E-state index contributed by atoms with van der Waals surface area (Å²) in [4.78, 5) is 21.7. The number of imidazole rings is 1. The zero-order chi connectivity index (χ0) is 23.4. The third-order valence-corrected chi connectivity index (χ3v) is 8.62. The molecule has 1 amide bonds. The zero-order valence-corrected chi connectivity index (χ0v) is 20.6. The molecule has 9 heteroatoms. The fourth-order valence-electron chi connectivity index (χ4n) is 4.22. The molecule has 1 aromatic heterocycles. The van der Waals surface area contributed by atoms with E-state index in [0.29, 0.717) is 25.2 Å². The van der Waals surface area contributed by atoms with E-state index in [2.05, 4.69) is 15.3 Å². The minimum Gasteiger partial charge on any atom is -0.345 e. The summed E-state index contributed by atoms with van der Waals surface area (Å²) in [6, 6.07) is 13.5. The van der Waals surface area contributed by atoms with E-state index in [1.165, 1.54) is 4.31 Å². The lowest BCUT2D eigenvalue weighted by molar-refractivity contribution is -0.126. The van der Waals surface area contributed by atoms with Gasteiger partial charge in [0.05, 0.1) is 22.0 Å². The molecule has 1 aliphatic rings. The van der Waals surface area contributed by atoms with Crippen LogP contribution in [-0.2, 0) is 14.8 Å². The Morgan fingerprint density at radius 1 is 1.21 bits per heavy atom. The van der Waals surface area contributed by atoms with Gasteiger partial charge >= 0.3 is 0 Å². The first-order chi connectivity index (χ1) is 15.9. The molecule has 1 fully saturated rings. The molecule has 0 bridgehead atoms. The van der Waals surface area contributed by atoms with Crippen molar-refractivity contribution in [1.82, 2.24) is 19.6 Å². The van der Waals surface area contributed by atoms with Gasteiger partial charge in [-0.05, 0) is 62.5 Å². The summed E-state index contributed by atoms with van der Waals surface area (Å²) < 4.78 is 28.1. The normalized spacial score (nSPS) is 18.3. The molecule has 176 valence electrons. The number of nitrogens with zero attached hydrogens (tertiary/aromatic N) is 2. The fraction of sp³-hybridized carbons (Fsp3) is 0.417. The Morgan fingerprint density at radius 2 is 1.97 bits per heavy atom. The second-order valence-electron chi connectivity index (χ2n) is 8.42. The standard InChI is InChI=1S/C24H30N4O3S2/c1-17-10-12-18(13-11-17)33(30,31)28-15-6-5-9-22(28)24(29)27-21(14-16-32-2)23-25-19-7-3-4-8-20(19)26-23/h3-4,7-8,10-13,21-22H,5-6,9,14-16H2,1-2H3,(H,25,26)(H,27,29)/t21-,22+/m0/s1. The van der Waals surface area contributed by atoms with E-state index in [-0.39, 0.29) is 16.8 Å². The number of hydrogen-bond donors (Lipinski definition) is 2. The lowest BCUT2D eigenvalue weighted by Gasteiger charge is -2.34. The summed E-state index contributed by atoms with van der Waals surface area (Å²) in [7, 11) is -3.77. The Morgan fingerprint density at radius 3 is 2.70 bits per heavy atom. The summed E-state index contributed by atoms with van der Waals surface area (Å²) in [5, 5.41) is 3.11. The molecular formula is C24H30N4O3S2. The number of amides is 1. The molecule has 2 N–H and O–H groups in total. The van der Waals surface area contributed by atoms with Crippen LogP contribution in [-0.4, -0.2) is 53.2 Å². The smallest absolute Gasteiger partial charge is 0.243 e. The van der Waals surface area contributed by atoms with Crippen LogP contribution >= 0.6 is 11.8 Å². The van der Waals surface area contributed by atoms with Crippen molar-refractivity contribution in [2.75, 3.05) is 18.6 Å². The number of thioether (sulfide) groups is 1. The van der Waals surface area contributed by atoms with Crippen molar-refractivity contribution in [2.45, 2.75) is 49.6 Å². The number of sulfonamides is 1. The molecule has 4 rings (SSSR count). The molecule has 1 aliphatic heterocycles. The second-order valence-corrected chi connectivity index (χ2v) is 11.3. The number of carbonyl (C=O) groups is 1. The summed E-state index contributed by atoms with van der Waals surface area (Å²) in [6.07, 6.45) is 4.79. The zero-order valence-electron chi connectivity index (χ0n) is 19.0. The first kappa shape index (κ1) is 23.8. The van der Waals surface area contributed by atoms with Gasteiger partial charge in [0.15, 0.2) is 0 Å². The molecule has 2 aromatic carbocycles. The molecule has 2 atom stereocenters. The van der Waals surface area contributed by atoms with Gasteiger partial charge in [-0.2, -0.15) is 16.1 Å². The van der Waals surface area contributed by atoms with Gasteiger partial charge < -0.3 is 10.3 Å². The summed E-state index contributed by atoms with van der Waals surface area (Å²) in [5.41, 5.74) is 2.75. The average Bonchev–Trinajstić information content (AvgIpc) is 3.26. The van der Waals surface area contributed by atoms with Gasteiger partial charge in [0.1, 0.15) is 11.9 Å². The van der Waals surface area contributed by atoms with Gasteiger partial charge in [-0.25, -0.2) is 13.4 Å². The monoisotopic (exact) mass is 486 g/mol. The molecule has 0 radical (unpaired) electrons. The molecule has 0 saturated carbocycles.